The average molecular weight is 563 g/mol. The number of aryl methyl sites for hydroxylation is 1. The van der Waals surface area contributed by atoms with Crippen molar-refractivity contribution < 1.29 is 31.1 Å². The number of sulfone groups is 1. The fraction of sp³-hybridized carbons (Fsp3) is 0.200. The number of rotatable bonds is 9. The molecule has 7 nitrogen and oxygen atoms in total. The molecule has 0 unspecified atom stereocenters. The highest BCUT2D eigenvalue weighted by atomic mass is 32.2. The zero-order chi connectivity index (χ0) is 28.1. The Bertz CT molecular complexity index is 1870. The van der Waals surface area contributed by atoms with Crippen molar-refractivity contribution in [1.29, 1.82) is 0 Å². The van der Waals surface area contributed by atoms with Crippen molar-refractivity contribution in [3.63, 3.8) is 0 Å². The van der Waals surface area contributed by atoms with E-state index in [-0.39, 0.29) is 32.9 Å². The van der Waals surface area contributed by atoms with E-state index in [4.69, 9.17) is 9.15 Å². The summed E-state index contributed by atoms with van der Waals surface area (Å²) in [7, 11) is -3.89. The zero-order valence-corrected chi connectivity index (χ0v) is 22.2. The van der Waals surface area contributed by atoms with Gasteiger partial charge in [-0.1, -0.05) is 24.3 Å². The van der Waals surface area contributed by atoms with Crippen LogP contribution < -0.4 is 4.74 Å². The van der Waals surface area contributed by atoms with Crippen molar-refractivity contribution in [2.75, 3.05) is 6.26 Å². The maximum absolute atomic E-state index is 15.0. The van der Waals surface area contributed by atoms with Crippen LogP contribution in [-0.4, -0.2) is 30.9 Å². The normalized spacial score (nSPS) is 14.4. The molecule has 0 radical (unpaired) electrons. The van der Waals surface area contributed by atoms with E-state index >= 15 is 4.39 Å². The van der Waals surface area contributed by atoms with Gasteiger partial charge in [0, 0.05) is 41.3 Å². The molecule has 40 heavy (non-hydrogen) atoms. The fourth-order valence-corrected chi connectivity index (χ4v) is 6.17. The molecule has 3 aromatic carbocycles. The lowest BCUT2D eigenvalue weighted by atomic mass is 9.91. The Morgan fingerprint density at radius 3 is 2.67 bits per heavy atom. The number of aromatic nitrogens is 2. The first-order chi connectivity index (χ1) is 19.2. The smallest absolute Gasteiger partial charge is 0.229 e. The van der Waals surface area contributed by atoms with Crippen molar-refractivity contribution in [3.8, 4) is 23.0 Å². The van der Waals surface area contributed by atoms with Crippen molar-refractivity contribution in [1.82, 2.24) is 9.97 Å². The number of carbonyl (C=O) groups excluding carboxylic acids is 1. The molecule has 0 aliphatic heterocycles. The lowest BCUT2D eigenvalue weighted by Crippen LogP contribution is -2.09. The molecule has 204 valence electrons. The third-order valence-electron chi connectivity index (χ3n) is 7.25. The summed E-state index contributed by atoms with van der Waals surface area (Å²) in [6.45, 7) is 0. The third-order valence-corrected chi connectivity index (χ3v) is 8.40. The summed E-state index contributed by atoms with van der Waals surface area (Å²) in [6.07, 6.45) is 7.66. The van der Waals surface area contributed by atoms with Gasteiger partial charge in [0.1, 0.15) is 29.0 Å². The van der Waals surface area contributed by atoms with Crippen LogP contribution in [0.15, 0.2) is 76.4 Å². The first kappa shape index (κ1) is 25.9. The highest BCUT2D eigenvalue weighted by Crippen LogP contribution is 2.53. The van der Waals surface area contributed by atoms with Crippen LogP contribution in [0.25, 0.3) is 22.4 Å². The Balaban J connectivity index is 1.34. The topological polar surface area (TPSA) is 102 Å². The van der Waals surface area contributed by atoms with E-state index in [2.05, 4.69) is 16.0 Å². The van der Waals surface area contributed by atoms with Gasteiger partial charge in [-0.05, 0) is 54.7 Å². The van der Waals surface area contributed by atoms with Crippen LogP contribution in [0.5, 0.6) is 11.5 Å². The predicted octanol–water partition coefficient (Wildman–Crippen LogP) is 6.51. The van der Waals surface area contributed by atoms with Crippen molar-refractivity contribution >= 4 is 27.0 Å². The van der Waals surface area contributed by atoms with Gasteiger partial charge < -0.3 is 18.9 Å². The molecule has 2 heterocycles. The van der Waals surface area contributed by atoms with E-state index in [0.29, 0.717) is 24.1 Å². The SMILES string of the molecule is CS(=O)(=O)c1c(Oc2ccc(F)c(-c3nc(C4(c5cccc(CCC=O)c5)CC4)co3)c2)c(F)cc2[nH]ccc12. The van der Waals surface area contributed by atoms with Crippen LogP contribution in [0, 0.1) is 11.6 Å². The van der Waals surface area contributed by atoms with Crippen molar-refractivity contribution in [3.05, 3.63) is 95.5 Å². The summed E-state index contributed by atoms with van der Waals surface area (Å²) >= 11 is 0. The van der Waals surface area contributed by atoms with Crippen molar-refractivity contribution in [2.45, 2.75) is 36.0 Å². The first-order valence-corrected chi connectivity index (χ1v) is 14.6. The Kier molecular flexibility index (Phi) is 6.29. The molecule has 1 aliphatic carbocycles. The van der Waals surface area contributed by atoms with Crippen molar-refractivity contribution in [2.24, 2.45) is 0 Å². The van der Waals surface area contributed by atoms with Gasteiger partial charge >= 0.3 is 0 Å². The third kappa shape index (κ3) is 4.58. The Hall–Kier alpha value is -4.31. The summed E-state index contributed by atoms with van der Waals surface area (Å²) in [6, 6.07) is 14.4. The second-order valence-electron chi connectivity index (χ2n) is 10.00. The molecule has 0 bridgehead atoms. The summed E-state index contributed by atoms with van der Waals surface area (Å²) in [5.41, 5.74) is 2.70. The number of aldehydes is 1. The number of nitrogens with one attached hydrogen (secondary N) is 1. The van der Waals surface area contributed by atoms with Gasteiger partial charge in [0.15, 0.2) is 21.4 Å². The standard InChI is InChI=1S/C30H24F2N2O5S/c1-40(36,37)28-21-9-12-33-25(21)16-24(32)27(28)39-20-7-8-23(31)22(15-20)29-34-26(17-38-29)30(10-11-30)19-6-2-4-18(14-19)5-3-13-35/h2,4,6-9,12-17,33H,3,5,10-11H2,1H3. The van der Waals surface area contributed by atoms with E-state index < -0.39 is 27.2 Å². The van der Waals surface area contributed by atoms with E-state index in [1.54, 1.807) is 0 Å². The van der Waals surface area contributed by atoms with E-state index in [1.807, 2.05) is 18.2 Å². The number of hydrogen-bond donors (Lipinski definition) is 1. The number of nitrogens with zero attached hydrogens (tertiary/aromatic N) is 1. The number of oxazole rings is 1. The molecule has 1 N–H and O–H groups in total. The largest absolute Gasteiger partial charge is 0.453 e. The number of hydrogen-bond acceptors (Lipinski definition) is 6. The Morgan fingerprint density at radius 2 is 1.93 bits per heavy atom. The van der Waals surface area contributed by atoms with Crippen LogP contribution in [0.3, 0.4) is 0 Å². The zero-order valence-electron chi connectivity index (χ0n) is 21.4. The van der Waals surface area contributed by atoms with Crippen LogP contribution in [0.1, 0.15) is 36.1 Å². The van der Waals surface area contributed by atoms with E-state index in [1.165, 1.54) is 30.7 Å². The second kappa shape index (κ2) is 9.71. The molecule has 6 rings (SSSR count). The quantitative estimate of drug-likeness (QED) is 0.206. The first-order valence-electron chi connectivity index (χ1n) is 12.7. The van der Waals surface area contributed by atoms with E-state index in [9.17, 15) is 17.6 Å². The summed E-state index contributed by atoms with van der Waals surface area (Å²) in [5, 5.41) is 0.281. The molecule has 10 heteroatoms. The number of benzene rings is 3. The van der Waals surface area contributed by atoms with Gasteiger partial charge in [0.25, 0.3) is 0 Å². The number of ether oxygens (including phenoxy) is 1. The monoisotopic (exact) mass is 562 g/mol. The number of carbonyl (C=O) groups is 1. The lowest BCUT2D eigenvalue weighted by molar-refractivity contribution is -0.107. The molecule has 1 fully saturated rings. The second-order valence-corrected chi connectivity index (χ2v) is 11.9. The van der Waals surface area contributed by atoms with Crippen LogP contribution in [0.2, 0.25) is 0 Å². The summed E-state index contributed by atoms with van der Waals surface area (Å²) < 4.78 is 66.6. The molecular weight excluding hydrogens is 538 g/mol. The fourth-order valence-electron chi connectivity index (χ4n) is 5.12. The molecule has 2 aromatic heterocycles. The minimum atomic E-state index is -3.89. The van der Waals surface area contributed by atoms with Crippen LogP contribution >= 0.6 is 0 Å². The number of H-pyrrole nitrogens is 1. The predicted molar refractivity (Wildman–Crippen MR) is 144 cm³/mol. The minimum absolute atomic E-state index is 0.0108. The molecular formula is C30H24F2N2O5S. The highest BCUT2D eigenvalue weighted by molar-refractivity contribution is 7.91. The number of fused-ring (bicyclic) bond motifs is 1. The molecule has 0 spiro atoms. The minimum Gasteiger partial charge on any atom is -0.453 e. The molecule has 1 aliphatic rings. The van der Waals surface area contributed by atoms with Gasteiger partial charge in [-0.2, -0.15) is 0 Å². The highest BCUT2D eigenvalue weighted by Gasteiger charge is 2.48. The Labute approximate surface area is 228 Å². The maximum atomic E-state index is 15.0. The van der Waals surface area contributed by atoms with Gasteiger partial charge in [-0.3, -0.25) is 0 Å². The number of halogens is 2. The molecule has 5 aromatic rings. The van der Waals surface area contributed by atoms with Gasteiger partial charge in [0.2, 0.25) is 5.89 Å². The molecule has 0 saturated heterocycles. The molecule has 0 amide bonds. The van der Waals surface area contributed by atoms with Crippen LogP contribution in [0.4, 0.5) is 8.78 Å². The molecule has 0 atom stereocenters. The van der Waals surface area contributed by atoms with Gasteiger partial charge in [-0.15, -0.1) is 0 Å². The summed E-state index contributed by atoms with van der Waals surface area (Å²) in [5.74, 6) is -1.96. The number of aromatic amines is 1. The summed E-state index contributed by atoms with van der Waals surface area (Å²) in [4.78, 5) is 17.9. The molecule has 1 saturated carbocycles. The lowest BCUT2D eigenvalue weighted by Gasteiger charge is -2.14. The average Bonchev–Trinajstić information content (AvgIpc) is 3.35. The van der Waals surface area contributed by atoms with Gasteiger partial charge in [0.05, 0.1) is 11.3 Å². The van der Waals surface area contributed by atoms with E-state index in [0.717, 1.165) is 48.6 Å². The maximum Gasteiger partial charge on any atom is 0.229 e. The Morgan fingerprint density at radius 1 is 1.10 bits per heavy atom. The van der Waals surface area contributed by atoms with Gasteiger partial charge in [-0.25, -0.2) is 22.2 Å². The van der Waals surface area contributed by atoms with Crippen LogP contribution in [-0.2, 0) is 26.5 Å².